The van der Waals surface area contributed by atoms with Crippen LogP contribution < -0.4 is 0 Å². The van der Waals surface area contributed by atoms with Crippen LogP contribution in [0.3, 0.4) is 0 Å². The van der Waals surface area contributed by atoms with Crippen LogP contribution in [0, 0.1) is 13.8 Å². The number of hydrogen-bond acceptors (Lipinski definition) is 3. The summed E-state index contributed by atoms with van der Waals surface area (Å²) in [5.41, 5.74) is 4.57. The molecule has 1 heterocycles. The van der Waals surface area contributed by atoms with E-state index in [1.807, 2.05) is 31.2 Å². The highest BCUT2D eigenvalue weighted by molar-refractivity contribution is 7.91. The molecule has 1 aromatic heterocycles. The van der Waals surface area contributed by atoms with Gasteiger partial charge in [0.2, 0.25) is 0 Å². The zero-order valence-electron chi connectivity index (χ0n) is 12.1. The number of aryl methyl sites for hydroxylation is 2. The minimum Gasteiger partial charge on any atom is -0.338 e. The Balaban J connectivity index is 2.24. The summed E-state index contributed by atoms with van der Waals surface area (Å²) in [6.07, 6.45) is 1.20. The molecule has 0 fully saturated rings. The summed E-state index contributed by atoms with van der Waals surface area (Å²) in [5, 5.41) is 0. The number of hydrogen-bond donors (Lipinski definition) is 1. The summed E-state index contributed by atoms with van der Waals surface area (Å²) >= 11 is 0. The summed E-state index contributed by atoms with van der Waals surface area (Å²) in [4.78, 5) is 7.94. The third-order valence-electron chi connectivity index (χ3n) is 3.66. The van der Waals surface area contributed by atoms with Gasteiger partial charge in [0.05, 0.1) is 10.4 Å². The fourth-order valence-electron chi connectivity index (χ4n) is 2.33. The lowest BCUT2D eigenvalue weighted by Crippen LogP contribution is -1.97. The van der Waals surface area contributed by atoms with Crippen molar-refractivity contribution in [2.75, 3.05) is 6.26 Å². The van der Waals surface area contributed by atoms with Crippen LogP contribution in [0.1, 0.15) is 11.1 Å². The monoisotopic (exact) mass is 300 g/mol. The summed E-state index contributed by atoms with van der Waals surface area (Å²) in [6.45, 7) is 4.10. The molecule has 0 aliphatic rings. The highest BCUT2D eigenvalue weighted by Crippen LogP contribution is 2.26. The number of fused-ring (bicyclic) bond motifs is 1. The lowest BCUT2D eigenvalue weighted by atomic mass is 10.1. The van der Waals surface area contributed by atoms with Crippen molar-refractivity contribution in [1.82, 2.24) is 9.97 Å². The molecule has 2 aromatic carbocycles. The predicted molar refractivity (Wildman–Crippen MR) is 84.1 cm³/mol. The van der Waals surface area contributed by atoms with E-state index in [1.54, 1.807) is 12.1 Å². The third kappa shape index (κ3) is 2.45. The van der Waals surface area contributed by atoms with E-state index in [4.69, 9.17) is 0 Å². The fourth-order valence-corrected chi connectivity index (χ4v) is 3.16. The van der Waals surface area contributed by atoms with Crippen molar-refractivity contribution in [2.45, 2.75) is 18.7 Å². The minimum absolute atomic E-state index is 0.256. The Morgan fingerprint density at radius 2 is 1.81 bits per heavy atom. The summed E-state index contributed by atoms with van der Waals surface area (Å²) < 4.78 is 23.7. The number of nitrogens with zero attached hydrogens (tertiary/aromatic N) is 1. The molecule has 0 atom stereocenters. The second kappa shape index (κ2) is 4.70. The van der Waals surface area contributed by atoms with Gasteiger partial charge in [0.25, 0.3) is 0 Å². The van der Waals surface area contributed by atoms with Crippen molar-refractivity contribution >= 4 is 20.9 Å². The third-order valence-corrected chi connectivity index (χ3v) is 4.78. The van der Waals surface area contributed by atoms with E-state index >= 15 is 0 Å². The van der Waals surface area contributed by atoms with E-state index in [9.17, 15) is 8.42 Å². The van der Waals surface area contributed by atoms with Gasteiger partial charge < -0.3 is 4.98 Å². The van der Waals surface area contributed by atoms with Gasteiger partial charge in [-0.2, -0.15) is 0 Å². The number of H-pyrrole nitrogens is 1. The van der Waals surface area contributed by atoms with E-state index in [0.717, 1.165) is 11.1 Å². The lowest BCUT2D eigenvalue weighted by molar-refractivity contribution is 0.602. The number of nitrogens with one attached hydrogen (secondary N) is 1. The molecule has 0 unspecified atom stereocenters. The molecule has 1 N–H and O–H groups in total. The van der Waals surface area contributed by atoms with E-state index in [2.05, 4.69) is 16.9 Å². The first-order valence-corrected chi connectivity index (χ1v) is 8.52. The number of aromatic amines is 1. The van der Waals surface area contributed by atoms with E-state index in [0.29, 0.717) is 11.3 Å². The Bertz CT molecular complexity index is 940. The molecule has 3 rings (SSSR count). The molecule has 0 spiro atoms. The van der Waals surface area contributed by atoms with Crippen molar-refractivity contribution < 1.29 is 8.42 Å². The molecule has 0 aliphatic heterocycles. The van der Waals surface area contributed by atoms with Gasteiger partial charge in [0.15, 0.2) is 9.84 Å². The first-order chi connectivity index (χ1) is 9.86. The van der Waals surface area contributed by atoms with Crippen LogP contribution in [-0.2, 0) is 9.84 Å². The number of rotatable bonds is 2. The SMILES string of the molecule is Cc1ccc(-c2nc3c(S(C)(=O)=O)cccc3[nH]2)cc1C. The Hall–Kier alpha value is -2.14. The van der Waals surface area contributed by atoms with Crippen LogP contribution in [0.2, 0.25) is 0 Å². The predicted octanol–water partition coefficient (Wildman–Crippen LogP) is 3.25. The molecule has 0 bridgehead atoms. The average Bonchev–Trinajstić information content (AvgIpc) is 2.84. The van der Waals surface area contributed by atoms with Crippen LogP contribution in [0.25, 0.3) is 22.4 Å². The van der Waals surface area contributed by atoms with Crippen molar-refractivity contribution in [3.05, 3.63) is 47.5 Å². The molecular weight excluding hydrogens is 284 g/mol. The van der Waals surface area contributed by atoms with Gasteiger partial charge in [-0.25, -0.2) is 13.4 Å². The van der Waals surface area contributed by atoms with E-state index in [-0.39, 0.29) is 4.90 Å². The van der Waals surface area contributed by atoms with Gasteiger partial charge in [-0.3, -0.25) is 0 Å². The highest BCUT2D eigenvalue weighted by Gasteiger charge is 2.15. The van der Waals surface area contributed by atoms with Crippen LogP contribution in [0.15, 0.2) is 41.3 Å². The quantitative estimate of drug-likeness (QED) is 0.790. The van der Waals surface area contributed by atoms with Crippen LogP contribution in [-0.4, -0.2) is 24.6 Å². The Morgan fingerprint density at radius 3 is 2.48 bits per heavy atom. The molecule has 4 nitrogen and oxygen atoms in total. The van der Waals surface area contributed by atoms with Crippen molar-refractivity contribution in [1.29, 1.82) is 0 Å². The molecule has 108 valence electrons. The summed E-state index contributed by atoms with van der Waals surface area (Å²) in [7, 11) is -3.30. The maximum absolute atomic E-state index is 11.8. The first kappa shape index (κ1) is 13.8. The Labute approximate surface area is 123 Å². The molecule has 0 aliphatic carbocycles. The van der Waals surface area contributed by atoms with Crippen LogP contribution in [0.5, 0.6) is 0 Å². The zero-order chi connectivity index (χ0) is 15.2. The number of aromatic nitrogens is 2. The standard InChI is InChI=1S/C16H16N2O2S/c1-10-7-8-12(9-11(10)2)16-17-13-5-4-6-14(15(13)18-16)21(3,19)20/h4-9H,1-3H3,(H,17,18). The molecule has 5 heteroatoms. The van der Waals surface area contributed by atoms with Gasteiger partial charge in [-0.1, -0.05) is 18.2 Å². The van der Waals surface area contributed by atoms with Gasteiger partial charge in [-0.15, -0.1) is 0 Å². The number of sulfone groups is 1. The number of benzene rings is 2. The van der Waals surface area contributed by atoms with E-state index < -0.39 is 9.84 Å². The molecular formula is C16H16N2O2S. The second-order valence-corrected chi connectivity index (χ2v) is 7.29. The maximum Gasteiger partial charge on any atom is 0.177 e. The van der Waals surface area contributed by atoms with Crippen molar-refractivity contribution in [2.24, 2.45) is 0 Å². The molecule has 0 saturated heterocycles. The van der Waals surface area contributed by atoms with Gasteiger partial charge >= 0.3 is 0 Å². The normalized spacial score (nSPS) is 12.0. The van der Waals surface area contributed by atoms with Gasteiger partial charge in [0, 0.05) is 11.8 Å². The number of para-hydroxylation sites is 1. The lowest BCUT2D eigenvalue weighted by Gasteiger charge is -2.02. The first-order valence-electron chi connectivity index (χ1n) is 6.62. The van der Waals surface area contributed by atoms with Crippen molar-refractivity contribution in [3.63, 3.8) is 0 Å². The maximum atomic E-state index is 11.8. The van der Waals surface area contributed by atoms with Gasteiger partial charge in [-0.05, 0) is 43.2 Å². The van der Waals surface area contributed by atoms with Gasteiger partial charge in [0.1, 0.15) is 11.3 Å². The summed E-state index contributed by atoms with van der Waals surface area (Å²) in [6, 6.07) is 11.2. The second-order valence-electron chi connectivity index (χ2n) is 5.31. The fraction of sp³-hybridized carbons (Fsp3) is 0.188. The zero-order valence-corrected chi connectivity index (χ0v) is 13.0. The molecule has 21 heavy (non-hydrogen) atoms. The topological polar surface area (TPSA) is 62.8 Å². The molecule has 0 saturated carbocycles. The molecule has 0 radical (unpaired) electrons. The Morgan fingerprint density at radius 1 is 1.05 bits per heavy atom. The molecule has 3 aromatic rings. The van der Waals surface area contributed by atoms with Crippen LogP contribution >= 0.6 is 0 Å². The van der Waals surface area contributed by atoms with Crippen LogP contribution in [0.4, 0.5) is 0 Å². The van der Waals surface area contributed by atoms with Crippen molar-refractivity contribution in [3.8, 4) is 11.4 Å². The smallest absolute Gasteiger partial charge is 0.177 e. The Kier molecular flexibility index (Phi) is 3.10. The van der Waals surface area contributed by atoms with E-state index in [1.165, 1.54) is 17.4 Å². The molecule has 0 amide bonds. The highest BCUT2D eigenvalue weighted by atomic mass is 32.2. The largest absolute Gasteiger partial charge is 0.338 e. The number of imidazole rings is 1. The average molecular weight is 300 g/mol. The summed E-state index contributed by atoms with van der Waals surface area (Å²) in [5.74, 6) is 0.684. The minimum atomic E-state index is -3.30.